The molecule has 0 bridgehead atoms. The summed E-state index contributed by atoms with van der Waals surface area (Å²) in [7, 11) is 0. The maximum Gasteiger partial charge on any atom is 0.176 e. The summed E-state index contributed by atoms with van der Waals surface area (Å²) in [6, 6.07) is 5.25. The monoisotopic (exact) mass is 1160 g/mol. The molecule has 0 N–H and O–H groups in total. The van der Waals surface area contributed by atoms with Gasteiger partial charge < -0.3 is 0 Å². The molecule has 0 saturated heterocycles. The normalized spacial score (nSPS) is 13.2. The van der Waals surface area contributed by atoms with Crippen LogP contribution in [0.3, 0.4) is 0 Å². The second-order valence-electron chi connectivity index (χ2n) is 18.7. The van der Waals surface area contributed by atoms with Crippen LogP contribution < -0.4 is 7.63 Å². The Balaban J connectivity index is 0.000000565. The van der Waals surface area contributed by atoms with Gasteiger partial charge in [-0.05, 0) is 31.9 Å². The topological polar surface area (TPSA) is 35.0 Å². The standard InChI is InChI=1S/C34H55OS2.C6Br2F2N2S.3C4H9.Sn/c1-4-6-8-10-12-14-16-18-20-22-25-34(26-23-21-19-17-15-13-11-9-7-5-2)30-24-27-36-32(30)33-31(35-34)28-29(3)37-33;7-1-3(9)4(10)2(8)6-5(1)11-13-12-6;3*1-3-4-2;/h24,28H,4-23,25-26H2,1-3H3;;3*1,3-4H2,2H3;. The summed E-state index contributed by atoms with van der Waals surface area (Å²) in [5.41, 5.74) is 2.18. The molecule has 5 rings (SSSR count). The first-order valence-electron chi connectivity index (χ1n) is 25.5. The third-order valence-electron chi connectivity index (χ3n) is 13.5. The van der Waals surface area contributed by atoms with Crippen molar-refractivity contribution in [1.82, 2.24) is 8.75 Å². The van der Waals surface area contributed by atoms with Crippen LogP contribution in [0, 0.1) is 18.6 Å². The Bertz CT molecular complexity index is 1790. The van der Waals surface area contributed by atoms with Crippen molar-refractivity contribution in [2.45, 2.75) is 240 Å². The maximum atomic E-state index is 13.1. The van der Waals surface area contributed by atoms with Gasteiger partial charge in [0.1, 0.15) is 11.0 Å². The first kappa shape index (κ1) is 55.5. The molecule has 3 aromatic heterocycles. The van der Waals surface area contributed by atoms with Gasteiger partial charge in [0.15, 0.2) is 11.6 Å². The molecule has 0 atom stereocenters. The predicted octanol–water partition coefficient (Wildman–Crippen LogP) is 20.5. The van der Waals surface area contributed by atoms with E-state index in [4.69, 9.17) is 4.74 Å². The van der Waals surface area contributed by atoms with Crippen LogP contribution in [-0.2, 0) is 5.60 Å². The SMILES string of the molecule is CCCCCCCCCCCCC1(CCCCCCCCCCCC)Oc2cc(C)sc2-c2s[c]([Sn]([CH2]CCC)([CH2]CCC)[CH2]CCC)cc21.Fc1c(F)c(Br)c2nsnc2c1Br. The fourth-order valence-electron chi connectivity index (χ4n) is 9.61. The zero-order valence-corrected chi connectivity index (χ0v) is 48.6. The molecule has 3 nitrogen and oxygen atoms in total. The van der Waals surface area contributed by atoms with Crippen molar-refractivity contribution >= 4 is 98.6 Å². The van der Waals surface area contributed by atoms with Crippen molar-refractivity contribution in [1.29, 1.82) is 0 Å². The largest absolute Gasteiger partial charge is 0.202 e. The van der Waals surface area contributed by atoms with Gasteiger partial charge in [0.25, 0.3) is 0 Å². The number of unbranched alkanes of at least 4 members (excludes halogenated alkanes) is 21. The third kappa shape index (κ3) is 16.5. The molecular weight excluding hydrogens is 1080 g/mol. The van der Waals surface area contributed by atoms with Gasteiger partial charge >= 0.3 is 275 Å². The second-order valence-corrected chi connectivity index (χ2v) is 37.3. The van der Waals surface area contributed by atoms with Gasteiger partial charge in [-0.3, -0.25) is 0 Å². The number of hydrogen-bond acceptors (Lipinski definition) is 6. The van der Waals surface area contributed by atoms with E-state index in [0.29, 0.717) is 11.0 Å². The number of aromatic nitrogens is 2. The molecule has 1 aliphatic rings. The van der Waals surface area contributed by atoms with Crippen LogP contribution >= 0.6 is 66.3 Å². The molecule has 0 fully saturated rings. The molecule has 63 heavy (non-hydrogen) atoms. The van der Waals surface area contributed by atoms with Gasteiger partial charge in [-0.15, -0.1) is 0 Å². The average Bonchev–Trinajstić information content (AvgIpc) is 4.06. The van der Waals surface area contributed by atoms with E-state index in [0.717, 1.165) is 11.7 Å². The van der Waals surface area contributed by atoms with E-state index in [-0.39, 0.29) is 14.5 Å². The molecule has 0 spiro atoms. The second kappa shape index (κ2) is 30.4. The third-order valence-corrected chi connectivity index (χ3v) is 36.0. The molecule has 4 heterocycles. The summed E-state index contributed by atoms with van der Waals surface area (Å²) in [5.74, 6) is -0.678. The molecule has 11 heteroatoms. The van der Waals surface area contributed by atoms with Crippen LogP contribution in [-0.4, -0.2) is 27.1 Å². The van der Waals surface area contributed by atoms with Crippen molar-refractivity contribution < 1.29 is 13.5 Å². The number of benzene rings is 1. The number of aryl methyl sites for hydroxylation is 1. The van der Waals surface area contributed by atoms with Crippen LogP contribution in [0.5, 0.6) is 5.75 Å². The Morgan fingerprint density at radius 3 is 1.35 bits per heavy atom. The molecule has 0 aliphatic carbocycles. The van der Waals surface area contributed by atoms with Crippen LogP contribution in [0.25, 0.3) is 20.8 Å². The number of nitrogens with zero attached hydrogens (tertiary/aromatic N) is 2. The van der Waals surface area contributed by atoms with Gasteiger partial charge in [-0.2, -0.15) is 8.75 Å². The zero-order chi connectivity index (χ0) is 45.5. The number of ether oxygens (including phenoxy) is 1. The van der Waals surface area contributed by atoms with Gasteiger partial charge in [-0.1, -0.05) is 52.4 Å². The quantitative estimate of drug-likeness (QED) is 0.0212. The van der Waals surface area contributed by atoms with Crippen LogP contribution in [0.1, 0.15) is 225 Å². The first-order valence-corrected chi connectivity index (χ1v) is 36.9. The van der Waals surface area contributed by atoms with Gasteiger partial charge in [0.2, 0.25) is 0 Å². The minimum Gasteiger partial charge on any atom is -0.202 e. The van der Waals surface area contributed by atoms with Crippen molar-refractivity contribution in [3.05, 3.63) is 43.2 Å². The number of hydrogen-bond donors (Lipinski definition) is 0. The fraction of sp³-hybridized carbons (Fsp3) is 0.731. The Morgan fingerprint density at radius 2 is 0.937 bits per heavy atom. The summed E-state index contributed by atoms with van der Waals surface area (Å²) < 4.78 is 47.9. The fourth-order valence-corrected chi connectivity index (χ4v) is 32.7. The predicted molar refractivity (Wildman–Crippen MR) is 285 cm³/mol. The van der Waals surface area contributed by atoms with Crippen LogP contribution in [0.2, 0.25) is 13.3 Å². The Labute approximate surface area is 416 Å². The first-order chi connectivity index (χ1) is 30.6. The van der Waals surface area contributed by atoms with E-state index in [1.165, 1.54) is 195 Å². The molecule has 4 aromatic rings. The molecule has 356 valence electrons. The van der Waals surface area contributed by atoms with E-state index < -0.39 is 30.0 Å². The molecule has 1 aliphatic heterocycles. The summed E-state index contributed by atoms with van der Waals surface area (Å²) in [4.78, 5) is 4.53. The summed E-state index contributed by atoms with van der Waals surface area (Å²) in [6.07, 6.45) is 38.8. The van der Waals surface area contributed by atoms with E-state index in [2.05, 4.69) is 106 Å². The minimum absolute atomic E-state index is 0.0111. The van der Waals surface area contributed by atoms with Crippen LogP contribution in [0.15, 0.2) is 21.1 Å². The van der Waals surface area contributed by atoms with Gasteiger partial charge in [-0.25, -0.2) is 8.78 Å². The summed E-state index contributed by atoms with van der Waals surface area (Å²) in [5, 5.41) is 0. The van der Waals surface area contributed by atoms with E-state index in [1.54, 1.807) is 23.8 Å². The molecular formula is C52H82Br2F2N2OS3Sn. The summed E-state index contributed by atoms with van der Waals surface area (Å²) >= 11 is 8.46. The van der Waals surface area contributed by atoms with Crippen LogP contribution in [0.4, 0.5) is 8.78 Å². The summed E-state index contributed by atoms with van der Waals surface area (Å²) in [6.45, 7) is 14.2. The smallest absolute Gasteiger partial charge is 0.176 e. The Hall–Kier alpha value is -0.141. The van der Waals surface area contributed by atoms with Crippen molar-refractivity contribution in [2.24, 2.45) is 0 Å². The molecule has 0 radical (unpaired) electrons. The number of rotatable bonds is 32. The van der Waals surface area contributed by atoms with E-state index in [9.17, 15) is 8.78 Å². The molecule has 0 unspecified atom stereocenters. The molecule has 0 saturated carbocycles. The Morgan fingerprint density at radius 1 is 0.540 bits per heavy atom. The number of fused-ring (bicyclic) bond motifs is 4. The van der Waals surface area contributed by atoms with Gasteiger partial charge in [0, 0.05) is 0 Å². The van der Waals surface area contributed by atoms with E-state index >= 15 is 0 Å². The van der Waals surface area contributed by atoms with Crippen molar-refractivity contribution in [3.8, 4) is 15.5 Å². The zero-order valence-electron chi connectivity index (χ0n) is 40.1. The maximum absolute atomic E-state index is 13.1. The Kier molecular flexibility index (Phi) is 26.7. The van der Waals surface area contributed by atoms with Crippen molar-refractivity contribution in [2.75, 3.05) is 0 Å². The minimum atomic E-state index is -2.57. The van der Waals surface area contributed by atoms with E-state index in [1.807, 2.05) is 14.2 Å². The molecule has 1 aromatic carbocycles. The average molecular weight is 1160 g/mol. The molecule has 0 amide bonds. The number of thiophene rings is 2. The number of halogens is 4. The van der Waals surface area contributed by atoms with Gasteiger partial charge in [0.05, 0.1) is 20.7 Å². The van der Waals surface area contributed by atoms with Crippen molar-refractivity contribution in [3.63, 3.8) is 0 Å².